The van der Waals surface area contributed by atoms with Crippen molar-refractivity contribution in [1.82, 2.24) is 0 Å². The molecule has 0 aliphatic heterocycles. The number of esters is 1. The number of unbranched alkanes of at least 4 members (excludes halogenated alkanes) is 2. The van der Waals surface area contributed by atoms with E-state index in [-0.39, 0.29) is 17.0 Å². The van der Waals surface area contributed by atoms with Crippen molar-refractivity contribution in [3.8, 4) is 16.9 Å². The Kier molecular flexibility index (Phi) is 9.48. The van der Waals surface area contributed by atoms with Gasteiger partial charge in [-0.2, -0.15) is 0 Å². The van der Waals surface area contributed by atoms with Gasteiger partial charge < -0.3 is 9.47 Å². The van der Waals surface area contributed by atoms with Gasteiger partial charge in [0, 0.05) is 11.6 Å². The van der Waals surface area contributed by atoms with Crippen molar-refractivity contribution in [1.29, 1.82) is 0 Å². The topological polar surface area (TPSA) is 35.5 Å². The molecule has 3 aromatic carbocycles. The van der Waals surface area contributed by atoms with Crippen LogP contribution in [0.3, 0.4) is 0 Å². The van der Waals surface area contributed by atoms with Crippen LogP contribution in [-0.4, -0.2) is 18.7 Å². The van der Waals surface area contributed by atoms with Gasteiger partial charge in [0.15, 0.2) is 11.6 Å². The Morgan fingerprint density at radius 3 is 2.26 bits per heavy atom. The molecule has 0 aromatic heterocycles. The highest BCUT2D eigenvalue weighted by Gasteiger charge is 2.29. The third-order valence-electron chi connectivity index (χ3n) is 7.31. The largest absolute Gasteiger partial charge is 0.494 e. The first-order valence-electron chi connectivity index (χ1n) is 13.6. The lowest BCUT2D eigenvalue weighted by Crippen LogP contribution is -2.24. The number of benzene rings is 3. The summed E-state index contributed by atoms with van der Waals surface area (Å²) in [5.41, 5.74) is 2.32. The second kappa shape index (κ2) is 13.0. The van der Waals surface area contributed by atoms with Crippen LogP contribution in [0.5, 0.6) is 5.75 Å². The minimum absolute atomic E-state index is 0.145. The molecular weight excluding hydrogens is 489 g/mol. The lowest BCUT2D eigenvalue weighted by Gasteiger charge is -2.29. The average Bonchev–Trinajstić information content (AvgIpc) is 2.92. The molecule has 1 saturated carbocycles. The summed E-state index contributed by atoms with van der Waals surface area (Å²) in [6, 6.07) is 15.1. The highest BCUT2D eigenvalue weighted by atomic mass is 19.2. The maximum absolute atomic E-state index is 15.2. The molecule has 0 heterocycles. The third-order valence-corrected chi connectivity index (χ3v) is 7.31. The summed E-state index contributed by atoms with van der Waals surface area (Å²) in [7, 11) is 0. The van der Waals surface area contributed by atoms with E-state index in [1.54, 1.807) is 19.1 Å². The Labute approximate surface area is 223 Å². The quantitative estimate of drug-likeness (QED) is 0.196. The summed E-state index contributed by atoms with van der Waals surface area (Å²) in [6.45, 7) is 4.35. The zero-order valence-electron chi connectivity index (χ0n) is 22.1. The van der Waals surface area contributed by atoms with Crippen LogP contribution in [0, 0.1) is 17.5 Å². The summed E-state index contributed by atoms with van der Waals surface area (Å²) in [5, 5.41) is 0. The van der Waals surface area contributed by atoms with Crippen LogP contribution in [0.25, 0.3) is 11.1 Å². The van der Waals surface area contributed by atoms with Gasteiger partial charge in [-0.15, -0.1) is 0 Å². The van der Waals surface area contributed by atoms with Gasteiger partial charge in [-0.05, 0) is 80.2 Å². The molecule has 3 aromatic rings. The molecule has 38 heavy (non-hydrogen) atoms. The molecule has 0 radical (unpaired) electrons. The normalized spacial score (nSPS) is 17.3. The molecule has 4 rings (SSSR count). The molecule has 1 fully saturated rings. The van der Waals surface area contributed by atoms with E-state index < -0.39 is 29.5 Å². The van der Waals surface area contributed by atoms with E-state index >= 15 is 8.78 Å². The molecule has 0 unspecified atom stereocenters. The molecule has 0 bridgehead atoms. The number of ether oxygens (including phenoxy) is 2. The maximum atomic E-state index is 15.2. The van der Waals surface area contributed by atoms with Crippen LogP contribution < -0.4 is 4.74 Å². The first kappa shape index (κ1) is 27.7. The molecule has 0 atom stereocenters. The summed E-state index contributed by atoms with van der Waals surface area (Å²) in [5.74, 6) is -2.89. The molecule has 6 heteroatoms. The highest BCUT2D eigenvalue weighted by molar-refractivity contribution is 5.90. The van der Waals surface area contributed by atoms with Gasteiger partial charge in [-0.3, -0.25) is 0 Å². The van der Waals surface area contributed by atoms with Crippen molar-refractivity contribution in [3.63, 3.8) is 0 Å². The number of rotatable bonds is 10. The summed E-state index contributed by atoms with van der Waals surface area (Å²) < 4.78 is 55.4. The van der Waals surface area contributed by atoms with Crippen molar-refractivity contribution >= 4 is 5.97 Å². The van der Waals surface area contributed by atoms with E-state index in [4.69, 9.17) is 9.47 Å². The monoisotopic (exact) mass is 524 g/mol. The van der Waals surface area contributed by atoms with Gasteiger partial charge >= 0.3 is 5.97 Å². The predicted molar refractivity (Wildman–Crippen MR) is 143 cm³/mol. The maximum Gasteiger partial charge on any atom is 0.341 e. The first-order chi connectivity index (χ1) is 18.4. The Balaban J connectivity index is 1.36. The molecule has 1 aliphatic carbocycles. The van der Waals surface area contributed by atoms with E-state index in [0.29, 0.717) is 49.2 Å². The molecule has 202 valence electrons. The molecule has 0 N–H and O–H groups in total. The van der Waals surface area contributed by atoms with Crippen LogP contribution >= 0.6 is 0 Å². The Morgan fingerprint density at radius 2 is 1.61 bits per heavy atom. The average molecular weight is 525 g/mol. The minimum atomic E-state index is -0.833. The standard InChI is InChI=1S/C32H35F3O3/c1-3-5-6-7-21-8-10-22(11-9-21)26-18-19-27(31(35)30(26)34)23-12-14-24(15-13-23)38-32(36)28-17-16-25(37-4-2)20-29(28)33/h8-11,16-20,23-24H,3-7,12-15H2,1-2H3. The lowest BCUT2D eigenvalue weighted by molar-refractivity contribution is 0.0189. The molecule has 0 spiro atoms. The van der Waals surface area contributed by atoms with Crippen LogP contribution in [-0.2, 0) is 11.2 Å². The second-order valence-electron chi connectivity index (χ2n) is 9.94. The van der Waals surface area contributed by atoms with Crippen molar-refractivity contribution in [2.24, 2.45) is 0 Å². The van der Waals surface area contributed by atoms with Crippen LogP contribution in [0.4, 0.5) is 13.2 Å². The number of halogens is 3. The van der Waals surface area contributed by atoms with Crippen LogP contribution in [0.15, 0.2) is 54.6 Å². The fourth-order valence-electron chi connectivity index (χ4n) is 5.16. The van der Waals surface area contributed by atoms with E-state index in [1.807, 2.05) is 24.3 Å². The summed E-state index contributed by atoms with van der Waals surface area (Å²) in [6.07, 6.45) is 6.13. The smallest absolute Gasteiger partial charge is 0.341 e. The number of carbonyl (C=O) groups is 1. The lowest BCUT2D eigenvalue weighted by atomic mass is 9.82. The van der Waals surface area contributed by atoms with Crippen LogP contribution in [0.2, 0.25) is 0 Å². The number of aryl methyl sites for hydroxylation is 1. The number of hydrogen-bond acceptors (Lipinski definition) is 3. The number of carbonyl (C=O) groups excluding carboxylic acids is 1. The van der Waals surface area contributed by atoms with E-state index in [9.17, 15) is 9.18 Å². The minimum Gasteiger partial charge on any atom is -0.494 e. The molecular formula is C32H35F3O3. The summed E-state index contributed by atoms with van der Waals surface area (Å²) in [4.78, 5) is 12.5. The van der Waals surface area contributed by atoms with Gasteiger partial charge in [0.25, 0.3) is 0 Å². The first-order valence-corrected chi connectivity index (χ1v) is 13.6. The predicted octanol–water partition coefficient (Wildman–Crippen LogP) is 8.79. The Hall–Kier alpha value is -3.28. The second-order valence-corrected chi connectivity index (χ2v) is 9.94. The Bertz CT molecular complexity index is 1230. The summed E-state index contributed by atoms with van der Waals surface area (Å²) >= 11 is 0. The fourth-order valence-corrected chi connectivity index (χ4v) is 5.16. The molecule has 3 nitrogen and oxygen atoms in total. The van der Waals surface area contributed by atoms with Gasteiger partial charge in [-0.1, -0.05) is 56.2 Å². The van der Waals surface area contributed by atoms with Gasteiger partial charge in [0.05, 0.1) is 12.2 Å². The molecule has 0 amide bonds. The van der Waals surface area contributed by atoms with Gasteiger partial charge in [0.1, 0.15) is 17.7 Å². The zero-order chi connectivity index (χ0) is 27.1. The van der Waals surface area contributed by atoms with E-state index in [0.717, 1.165) is 19.3 Å². The molecule has 1 aliphatic rings. The zero-order valence-corrected chi connectivity index (χ0v) is 22.1. The Morgan fingerprint density at radius 1 is 0.868 bits per heavy atom. The van der Waals surface area contributed by atoms with Crippen molar-refractivity contribution in [3.05, 3.63) is 88.7 Å². The SMILES string of the molecule is CCCCCc1ccc(-c2ccc(C3CCC(OC(=O)c4ccc(OCC)cc4F)CC3)c(F)c2F)cc1. The van der Waals surface area contributed by atoms with Crippen LogP contribution in [0.1, 0.15) is 86.2 Å². The number of hydrogen-bond donors (Lipinski definition) is 0. The van der Waals surface area contributed by atoms with Gasteiger partial charge in [0.2, 0.25) is 0 Å². The molecule has 0 saturated heterocycles. The highest BCUT2D eigenvalue weighted by Crippen LogP contribution is 2.38. The third kappa shape index (κ3) is 6.58. The van der Waals surface area contributed by atoms with E-state index in [1.165, 1.54) is 30.2 Å². The van der Waals surface area contributed by atoms with Crippen molar-refractivity contribution in [2.45, 2.75) is 77.2 Å². The van der Waals surface area contributed by atoms with E-state index in [2.05, 4.69) is 6.92 Å². The fraction of sp³-hybridized carbons (Fsp3) is 0.406. The van der Waals surface area contributed by atoms with Gasteiger partial charge in [-0.25, -0.2) is 18.0 Å². The van der Waals surface area contributed by atoms with Crippen molar-refractivity contribution < 1.29 is 27.4 Å². The van der Waals surface area contributed by atoms with Crippen molar-refractivity contribution in [2.75, 3.05) is 6.61 Å².